The van der Waals surface area contributed by atoms with Crippen LogP contribution in [0, 0.1) is 5.82 Å². The van der Waals surface area contributed by atoms with Crippen LogP contribution in [0.25, 0.3) is 0 Å². The summed E-state index contributed by atoms with van der Waals surface area (Å²) in [6.07, 6.45) is 6.88. The molecule has 0 amide bonds. The van der Waals surface area contributed by atoms with E-state index in [0.717, 1.165) is 49.2 Å². The summed E-state index contributed by atoms with van der Waals surface area (Å²) in [6, 6.07) is 2.73. The molecular weight excluding hydrogens is 467 g/mol. The van der Waals surface area contributed by atoms with Crippen molar-refractivity contribution in [3.8, 4) is 0 Å². The SMILES string of the molecule is CN(C)[C@@H]1CCCCC[C@H]1Nc1cc(F)c(S(=O)(=O)Nc2nccs2)cc1Cl.O=CO. The van der Waals surface area contributed by atoms with Crippen LogP contribution in [0.15, 0.2) is 28.6 Å². The zero-order valence-corrected chi connectivity index (χ0v) is 19.6. The van der Waals surface area contributed by atoms with Crippen LogP contribution in [0.1, 0.15) is 32.1 Å². The van der Waals surface area contributed by atoms with E-state index < -0.39 is 20.7 Å². The topological polar surface area (TPSA) is 112 Å². The summed E-state index contributed by atoms with van der Waals surface area (Å²) in [5.74, 6) is -0.856. The van der Waals surface area contributed by atoms with E-state index in [1.165, 1.54) is 12.6 Å². The molecule has 1 aromatic carbocycles. The lowest BCUT2D eigenvalue weighted by Gasteiger charge is -2.32. The van der Waals surface area contributed by atoms with Gasteiger partial charge in [-0.3, -0.25) is 9.52 Å². The third kappa shape index (κ3) is 7.03. The van der Waals surface area contributed by atoms with Crippen LogP contribution >= 0.6 is 22.9 Å². The molecule has 1 saturated carbocycles. The Morgan fingerprint density at radius 1 is 1.29 bits per heavy atom. The fourth-order valence-corrected chi connectivity index (χ4v) is 5.72. The molecule has 1 aliphatic carbocycles. The van der Waals surface area contributed by atoms with Gasteiger partial charge in [-0.25, -0.2) is 17.8 Å². The highest BCUT2D eigenvalue weighted by Crippen LogP contribution is 2.32. The molecular formula is C19H26ClFN4O4S2. The van der Waals surface area contributed by atoms with Crippen LogP contribution in [-0.2, 0) is 14.8 Å². The summed E-state index contributed by atoms with van der Waals surface area (Å²) in [5, 5.41) is 12.2. The number of nitrogens with one attached hydrogen (secondary N) is 2. The minimum absolute atomic E-state index is 0.116. The zero-order valence-electron chi connectivity index (χ0n) is 17.2. The second-order valence-corrected chi connectivity index (χ2v) is 10.2. The molecule has 0 saturated heterocycles. The average Bonchev–Trinajstić information content (AvgIpc) is 3.07. The number of carbonyl (C=O) groups is 1. The molecule has 2 aromatic rings. The van der Waals surface area contributed by atoms with Gasteiger partial charge in [0.25, 0.3) is 16.5 Å². The van der Waals surface area contributed by atoms with Crippen molar-refractivity contribution < 1.29 is 22.7 Å². The molecule has 0 aliphatic heterocycles. The number of benzene rings is 1. The summed E-state index contributed by atoms with van der Waals surface area (Å²) in [6.45, 7) is -0.250. The number of sulfonamides is 1. The molecule has 0 radical (unpaired) electrons. The number of carboxylic acid groups (broad SMARTS) is 1. The van der Waals surface area contributed by atoms with Gasteiger partial charge in [0.05, 0.1) is 10.7 Å². The Morgan fingerprint density at radius 3 is 2.58 bits per heavy atom. The Bertz CT molecular complexity index is 958. The molecule has 0 spiro atoms. The van der Waals surface area contributed by atoms with Crippen LogP contribution < -0.4 is 10.0 Å². The molecule has 1 aliphatic rings. The molecule has 1 aromatic heterocycles. The molecule has 1 fully saturated rings. The van der Waals surface area contributed by atoms with E-state index in [1.54, 1.807) is 5.38 Å². The summed E-state index contributed by atoms with van der Waals surface area (Å²) in [7, 11) is -0.0448. The van der Waals surface area contributed by atoms with Crippen molar-refractivity contribution in [2.24, 2.45) is 0 Å². The monoisotopic (exact) mass is 492 g/mol. The number of aromatic nitrogens is 1. The number of likely N-dealkylation sites (N-methyl/N-ethyl adjacent to an activating group) is 1. The lowest BCUT2D eigenvalue weighted by molar-refractivity contribution is -0.122. The van der Waals surface area contributed by atoms with Crippen LogP contribution in [0.4, 0.5) is 15.2 Å². The lowest BCUT2D eigenvalue weighted by Crippen LogP contribution is -2.42. The van der Waals surface area contributed by atoms with Gasteiger partial charge in [0.2, 0.25) is 0 Å². The first-order valence-electron chi connectivity index (χ1n) is 9.61. The van der Waals surface area contributed by atoms with E-state index in [1.807, 2.05) is 14.1 Å². The largest absolute Gasteiger partial charge is 0.483 e. The maximum absolute atomic E-state index is 14.7. The molecule has 2 atom stereocenters. The quantitative estimate of drug-likeness (QED) is 0.411. The highest BCUT2D eigenvalue weighted by molar-refractivity contribution is 7.93. The zero-order chi connectivity index (χ0) is 23.0. The van der Waals surface area contributed by atoms with E-state index >= 15 is 0 Å². The Labute approximate surface area is 190 Å². The number of hydrogen-bond donors (Lipinski definition) is 3. The summed E-state index contributed by atoms with van der Waals surface area (Å²) >= 11 is 7.44. The Balaban J connectivity index is 0.00000107. The first-order chi connectivity index (χ1) is 14.7. The number of nitrogens with zero attached hydrogens (tertiary/aromatic N) is 2. The van der Waals surface area contributed by atoms with Crippen LogP contribution in [0.2, 0.25) is 5.02 Å². The summed E-state index contributed by atoms with van der Waals surface area (Å²) < 4.78 is 41.9. The Hall–Kier alpha value is -1.95. The van der Waals surface area contributed by atoms with E-state index in [2.05, 4.69) is 19.9 Å². The fraction of sp³-hybridized carbons (Fsp3) is 0.474. The van der Waals surface area contributed by atoms with Gasteiger partial charge in [0.1, 0.15) is 10.7 Å². The minimum Gasteiger partial charge on any atom is -0.483 e. The van der Waals surface area contributed by atoms with Gasteiger partial charge in [-0.2, -0.15) is 0 Å². The molecule has 0 bridgehead atoms. The van der Waals surface area contributed by atoms with Gasteiger partial charge in [0.15, 0.2) is 5.13 Å². The third-order valence-electron chi connectivity index (χ3n) is 4.95. The van der Waals surface area contributed by atoms with E-state index in [-0.39, 0.29) is 22.7 Å². The maximum atomic E-state index is 14.7. The van der Waals surface area contributed by atoms with Crippen molar-refractivity contribution in [1.82, 2.24) is 9.88 Å². The molecule has 3 rings (SSSR count). The maximum Gasteiger partial charge on any atom is 0.290 e. The van der Waals surface area contributed by atoms with Gasteiger partial charge in [-0.15, -0.1) is 11.3 Å². The molecule has 8 nitrogen and oxygen atoms in total. The van der Waals surface area contributed by atoms with Gasteiger partial charge >= 0.3 is 0 Å². The predicted molar refractivity (Wildman–Crippen MR) is 121 cm³/mol. The number of anilines is 2. The number of rotatable bonds is 6. The second-order valence-electron chi connectivity index (χ2n) is 7.23. The number of halogens is 2. The van der Waals surface area contributed by atoms with Gasteiger partial charge in [0, 0.05) is 23.7 Å². The van der Waals surface area contributed by atoms with E-state index in [9.17, 15) is 12.8 Å². The average molecular weight is 493 g/mol. The molecule has 3 N–H and O–H groups in total. The second kappa shape index (κ2) is 11.6. The van der Waals surface area contributed by atoms with Crippen molar-refractivity contribution in [2.75, 3.05) is 24.1 Å². The standard InChI is InChI=1S/C18H24ClFN4O2S2.CH2O2/c1-24(2)16-7-5-3-4-6-14(16)22-15-11-13(20)17(10-12(15)19)28(25,26)23-18-21-8-9-27-18;2-1-3/h8-11,14,16,22H,3-7H2,1-2H3,(H,21,23);1H,(H,2,3)/t14-,16-;/m1./s1. The molecule has 1 heterocycles. The normalized spacial score (nSPS) is 19.1. The first kappa shape index (κ1) is 25.3. The number of hydrogen-bond acceptors (Lipinski definition) is 7. The van der Waals surface area contributed by atoms with E-state index in [4.69, 9.17) is 21.5 Å². The van der Waals surface area contributed by atoms with Crippen molar-refractivity contribution in [3.63, 3.8) is 0 Å². The smallest absolute Gasteiger partial charge is 0.290 e. The van der Waals surface area contributed by atoms with Crippen LogP contribution in [0.3, 0.4) is 0 Å². The first-order valence-corrected chi connectivity index (χ1v) is 12.4. The van der Waals surface area contributed by atoms with Crippen molar-refractivity contribution in [1.29, 1.82) is 0 Å². The summed E-state index contributed by atoms with van der Waals surface area (Å²) in [5.41, 5.74) is 0.408. The highest BCUT2D eigenvalue weighted by atomic mass is 35.5. The molecule has 12 heteroatoms. The van der Waals surface area contributed by atoms with Gasteiger partial charge < -0.3 is 15.3 Å². The fourth-order valence-electron chi connectivity index (χ4n) is 3.56. The van der Waals surface area contributed by atoms with Crippen molar-refractivity contribution >= 4 is 50.3 Å². The van der Waals surface area contributed by atoms with Crippen LogP contribution in [0.5, 0.6) is 0 Å². The van der Waals surface area contributed by atoms with Crippen LogP contribution in [-0.4, -0.2) is 56.1 Å². The predicted octanol–water partition coefficient (Wildman–Crippen LogP) is 4.11. The van der Waals surface area contributed by atoms with Gasteiger partial charge in [-0.05, 0) is 39.1 Å². The van der Waals surface area contributed by atoms with Gasteiger partial charge in [-0.1, -0.05) is 30.9 Å². The van der Waals surface area contributed by atoms with Crippen molar-refractivity contribution in [3.05, 3.63) is 34.5 Å². The highest BCUT2D eigenvalue weighted by Gasteiger charge is 2.27. The molecule has 172 valence electrons. The molecule has 0 unspecified atom stereocenters. The Kier molecular flexibility index (Phi) is 9.48. The minimum atomic E-state index is -4.11. The van der Waals surface area contributed by atoms with E-state index in [0.29, 0.717) is 11.7 Å². The lowest BCUT2D eigenvalue weighted by atomic mass is 10.0. The third-order valence-corrected chi connectivity index (χ3v) is 7.43. The molecule has 31 heavy (non-hydrogen) atoms. The number of thiazole rings is 1. The Morgan fingerprint density at radius 2 is 1.97 bits per heavy atom. The summed E-state index contributed by atoms with van der Waals surface area (Å²) in [4.78, 5) is 13.9. The van der Waals surface area contributed by atoms with Crippen molar-refractivity contribution in [2.45, 2.75) is 49.1 Å².